The highest BCUT2D eigenvalue weighted by Gasteiger charge is 2.36. The second kappa shape index (κ2) is 5.97. The number of nitrogens with zero attached hydrogens (tertiary/aromatic N) is 3. The molecule has 2 aliphatic rings. The van der Waals surface area contributed by atoms with Crippen molar-refractivity contribution >= 4 is 29.3 Å². The number of aryl methyl sites for hydroxylation is 1. The molecule has 2 fully saturated rings. The van der Waals surface area contributed by atoms with E-state index in [2.05, 4.69) is 10.4 Å². The molecule has 1 N–H and O–H groups in total. The Labute approximate surface area is 130 Å². The fourth-order valence-electron chi connectivity index (χ4n) is 3.01. The number of amides is 1. The minimum absolute atomic E-state index is 0.00357. The summed E-state index contributed by atoms with van der Waals surface area (Å²) in [4.78, 5) is 14.3. The zero-order valence-corrected chi connectivity index (χ0v) is 13.0. The molecule has 1 aromatic rings. The normalized spacial score (nSPS) is 22.1. The van der Waals surface area contributed by atoms with E-state index in [9.17, 15) is 4.79 Å². The first-order chi connectivity index (χ1) is 10.2. The van der Waals surface area contributed by atoms with Crippen molar-refractivity contribution in [2.75, 3.05) is 0 Å². The van der Waals surface area contributed by atoms with Gasteiger partial charge in [-0.25, -0.2) is 0 Å². The van der Waals surface area contributed by atoms with Crippen molar-refractivity contribution in [2.45, 2.75) is 51.6 Å². The monoisotopic (exact) mass is 304 g/mol. The van der Waals surface area contributed by atoms with Crippen LogP contribution in [-0.4, -0.2) is 31.7 Å². The predicted molar refractivity (Wildman–Crippen MR) is 85.3 cm³/mol. The molecule has 1 aliphatic carbocycles. The van der Waals surface area contributed by atoms with Crippen LogP contribution in [0.25, 0.3) is 6.08 Å². The van der Waals surface area contributed by atoms with Crippen LogP contribution in [0.1, 0.15) is 44.6 Å². The van der Waals surface area contributed by atoms with Crippen molar-refractivity contribution in [1.29, 1.82) is 0 Å². The second-order valence-corrected chi connectivity index (χ2v) is 5.97. The minimum atomic E-state index is -0.00357. The molecule has 2 heterocycles. The molecule has 1 aromatic heterocycles. The molecule has 0 radical (unpaired) electrons. The SMILES string of the molecule is CCn1cc(/C=C2/NC(=S)N(C3CCCCC3)C2=O)cn1. The van der Waals surface area contributed by atoms with Crippen molar-refractivity contribution in [3.63, 3.8) is 0 Å². The van der Waals surface area contributed by atoms with Gasteiger partial charge in [0.1, 0.15) is 5.70 Å². The Balaban J connectivity index is 1.79. The number of thiocarbonyl (C=S) groups is 1. The van der Waals surface area contributed by atoms with Gasteiger partial charge in [-0.2, -0.15) is 5.10 Å². The standard InChI is InChI=1S/C15H20N4OS/c1-2-18-10-11(9-16-18)8-13-14(20)19(15(21)17-13)12-6-4-3-5-7-12/h8-10,12H,2-7H2,1H3,(H,17,21)/b13-8+. The van der Waals surface area contributed by atoms with Gasteiger partial charge in [0.15, 0.2) is 5.11 Å². The van der Waals surface area contributed by atoms with Crippen LogP contribution in [0, 0.1) is 0 Å². The second-order valence-electron chi connectivity index (χ2n) is 5.58. The maximum atomic E-state index is 12.6. The fraction of sp³-hybridized carbons (Fsp3) is 0.533. The third kappa shape index (κ3) is 2.85. The Hall–Kier alpha value is -1.69. The molecule has 3 rings (SSSR count). The minimum Gasteiger partial charge on any atom is -0.328 e. The highest BCUT2D eigenvalue weighted by atomic mass is 32.1. The van der Waals surface area contributed by atoms with E-state index in [1.807, 2.05) is 23.9 Å². The number of carbonyl (C=O) groups excluding carboxylic acids is 1. The van der Waals surface area contributed by atoms with E-state index in [0.717, 1.165) is 24.9 Å². The molecule has 0 aromatic carbocycles. The first-order valence-electron chi connectivity index (χ1n) is 7.57. The van der Waals surface area contributed by atoms with Gasteiger partial charge >= 0.3 is 0 Å². The Morgan fingerprint density at radius 1 is 1.43 bits per heavy atom. The van der Waals surface area contributed by atoms with Crippen LogP contribution < -0.4 is 5.32 Å². The molecule has 1 saturated heterocycles. The van der Waals surface area contributed by atoms with Gasteiger partial charge in [-0.05, 0) is 38.1 Å². The van der Waals surface area contributed by atoms with Crippen molar-refractivity contribution in [3.05, 3.63) is 23.7 Å². The van der Waals surface area contributed by atoms with Crippen molar-refractivity contribution in [3.8, 4) is 0 Å². The molecule has 6 heteroatoms. The van der Waals surface area contributed by atoms with Gasteiger partial charge < -0.3 is 5.32 Å². The summed E-state index contributed by atoms with van der Waals surface area (Å²) in [6.07, 6.45) is 11.2. The summed E-state index contributed by atoms with van der Waals surface area (Å²) >= 11 is 5.35. The smallest absolute Gasteiger partial charge is 0.276 e. The lowest BCUT2D eigenvalue weighted by Crippen LogP contribution is -2.41. The Morgan fingerprint density at radius 2 is 2.19 bits per heavy atom. The van der Waals surface area contributed by atoms with Crippen molar-refractivity contribution in [2.24, 2.45) is 0 Å². The predicted octanol–water partition coefficient (Wildman–Crippen LogP) is 2.29. The summed E-state index contributed by atoms with van der Waals surface area (Å²) in [5.74, 6) is -0.00357. The number of aromatic nitrogens is 2. The van der Waals surface area contributed by atoms with Gasteiger partial charge in [0, 0.05) is 24.3 Å². The van der Waals surface area contributed by atoms with Gasteiger partial charge in [0.25, 0.3) is 5.91 Å². The number of nitrogens with one attached hydrogen (secondary N) is 1. The Bertz CT molecular complexity index is 586. The highest BCUT2D eigenvalue weighted by molar-refractivity contribution is 7.80. The summed E-state index contributed by atoms with van der Waals surface area (Å²) in [7, 11) is 0. The van der Waals surface area contributed by atoms with Crippen LogP contribution in [0.15, 0.2) is 18.1 Å². The summed E-state index contributed by atoms with van der Waals surface area (Å²) in [5.41, 5.74) is 1.47. The molecule has 21 heavy (non-hydrogen) atoms. The van der Waals surface area contributed by atoms with E-state index in [0.29, 0.717) is 10.8 Å². The van der Waals surface area contributed by atoms with E-state index in [1.54, 1.807) is 11.1 Å². The number of hydrogen-bond acceptors (Lipinski definition) is 3. The molecule has 0 unspecified atom stereocenters. The third-order valence-corrected chi connectivity index (χ3v) is 4.44. The first kappa shape index (κ1) is 14.3. The maximum Gasteiger partial charge on any atom is 0.276 e. The average molecular weight is 304 g/mol. The van der Waals surface area contributed by atoms with Crippen LogP contribution in [0.4, 0.5) is 0 Å². The average Bonchev–Trinajstić information content (AvgIpc) is 3.05. The lowest BCUT2D eigenvalue weighted by atomic mass is 9.94. The van der Waals surface area contributed by atoms with Crippen LogP contribution in [-0.2, 0) is 11.3 Å². The molecular weight excluding hydrogens is 284 g/mol. The lowest BCUT2D eigenvalue weighted by Gasteiger charge is -2.29. The van der Waals surface area contributed by atoms with Gasteiger partial charge in [-0.3, -0.25) is 14.4 Å². The summed E-state index contributed by atoms with van der Waals surface area (Å²) in [6.45, 7) is 2.85. The zero-order chi connectivity index (χ0) is 14.8. The molecule has 0 bridgehead atoms. The van der Waals surface area contributed by atoms with E-state index in [-0.39, 0.29) is 11.9 Å². The summed E-state index contributed by atoms with van der Waals surface area (Å²) in [6, 6.07) is 0.260. The molecule has 0 spiro atoms. The van der Waals surface area contributed by atoms with Crippen molar-refractivity contribution in [1.82, 2.24) is 20.0 Å². The van der Waals surface area contributed by atoms with E-state index < -0.39 is 0 Å². The fourth-order valence-corrected chi connectivity index (χ4v) is 3.36. The molecule has 112 valence electrons. The lowest BCUT2D eigenvalue weighted by molar-refractivity contribution is -0.124. The number of rotatable bonds is 3. The largest absolute Gasteiger partial charge is 0.328 e. The topological polar surface area (TPSA) is 50.2 Å². The molecule has 5 nitrogen and oxygen atoms in total. The van der Waals surface area contributed by atoms with Crippen LogP contribution in [0.5, 0.6) is 0 Å². The zero-order valence-electron chi connectivity index (χ0n) is 12.2. The van der Waals surface area contributed by atoms with Crippen LogP contribution >= 0.6 is 12.2 Å². The first-order valence-corrected chi connectivity index (χ1v) is 7.98. The van der Waals surface area contributed by atoms with Crippen LogP contribution in [0.2, 0.25) is 0 Å². The van der Waals surface area contributed by atoms with Crippen LogP contribution in [0.3, 0.4) is 0 Å². The third-order valence-electron chi connectivity index (χ3n) is 4.14. The number of carbonyl (C=O) groups is 1. The van der Waals surface area contributed by atoms with Gasteiger partial charge in [-0.15, -0.1) is 0 Å². The molecule has 1 amide bonds. The molecule has 0 atom stereocenters. The number of hydrogen-bond donors (Lipinski definition) is 1. The van der Waals surface area contributed by atoms with Gasteiger partial charge in [-0.1, -0.05) is 19.3 Å². The Morgan fingerprint density at radius 3 is 2.86 bits per heavy atom. The highest BCUT2D eigenvalue weighted by Crippen LogP contribution is 2.26. The Kier molecular flexibility index (Phi) is 4.05. The van der Waals surface area contributed by atoms with E-state index in [4.69, 9.17) is 12.2 Å². The van der Waals surface area contributed by atoms with Gasteiger partial charge in [0.05, 0.1) is 6.20 Å². The molecule has 1 saturated carbocycles. The van der Waals surface area contributed by atoms with Gasteiger partial charge in [0.2, 0.25) is 0 Å². The quantitative estimate of drug-likeness (QED) is 0.687. The molecular formula is C15H20N4OS. The molecule has 1 aliphatic heterocycles. The van der Waals surface area contributed by atoms with E-state index >= 15 is 0 Å². The summed E-state index contributed by atoms with van der Waals surface area (Å²) < 4.78 is 1.84. The summed E-state index contributed by atoms with van der Waals surface area (Å²) in [5, 5.41) is 7.82. The maximum absolute atomic E-state index is 12.6. The van der Waals surface area contributed by atoms with Crippen molar-refractivity contribution < 1.29 is 4.79 Å². The van der Waals surface area contributed by atoms with E-state index in [1.165, 1.54) is 19.3 Å².